The van der Waals surface area contributed by atoms with Gasteiger partial charge in [-0.2, -0.15) is 18.2 Å². The number of hydrogen-bond donors (Lipinski definition) is 3. The van der Waals surface area contributed by atoms with Crippen LogP contribution in [0, 0.1) is 5.41 Å². The fraction of sp³-hybridized carbons (Fsp3) is 0.478. The predicted molar refractivity (Wildman–Crippen MR) is 122 cm³/mol. The first-order valence-corrected chi connectivity index (χ1v) is 10.9. The first-order valence-electron chi connectivity index (χ1n) is 10.9. The van der Waals surface area contributed by atoms with Crippen LogP contribution in [-0.2, 0) is 26.9 Å². The smallest absolute Gasteiger partial charge is 0.421 e. The van der Waals surface area contributed by atoms with E-state index in [1.807, 2.05) is 0 Å². The van der Waals surface area contributed by atoms with Crippen molar-refractivity contribution in [3.8, 4) is 5.75 Å². The predicted octanol–water partition coefficient (Wildman–Crippen LogP) is 3.81. The molecule has 0 aliphatic heterocycles. The number of ether oxygens (including phenoxy) is 2. The lowest BCUT2D eigenvalue weighted by Crippen LogP contribution is -2.38. The highest BCUT2D eigenvalue weighted by molar-refractivity contribution is 5.90. The Morgan fingerprint density at radius 3 is 2.49 bits per heavy atom. The van der Waals surface area contributed by atoms with E-state index < -0.39 is 35.1 Å². The highest BCUT2D eigenvalue weighted by Gasteiger charge is 2.37. The molecule has 0 unspecified atom stereocenters. The number of nitrogens with zero attached hydrogens (tertiary/aromatic N) is 2. The molecule has 190 valence electrons. The summed E-state index contributed by atoms with van der Waals surface area (Å²) in [7, 11) is 1.41. The molecule has 4 N–H and O–H groups in total. The van der Waals surface area contributed by atoms with E-state index in [0.29, 0.717) is 17.0 Å². The second-order valence-corrected chi connectivity index (χ2v) is 9.30. The van der Waals surface area contributed by atoms with E-state index in [1.54, 1.807) is 39.0 Å². The maximum atomic E-state index is 13.3. The summed E-state index contributed by atoms with van der Waals surface area (Å²) in [6.07, 6.45) is -2.24. The molecule has 1 atom stereocenters. The third-order valence-corrected chi connectivity index (χ3v) is 5.09. The maximum Gasteiger partial charge on any atom is 0.421 e. The van der Waals surface area contributed by atoms with Crippen LogP contribution in [0.4, 0.5) is 30.6 Å². The quantitative estimate of drug-likeness (QED) is 0.370. The van der Waals surface area contributed by atoms with Gasteiger partial charge in [-0.15, -0.1) is 0 Å². The molecule has 1 aliphatic carbocycles. The number of rotatable bonds is 8. The van der Waals surface area contributed by atoms with Crippen LogP contribution in [0.2, 0.25) is 0 Å². The van der Waals surface area contributed by atoms with Gasteiger partial charge in [0.05, 0.1) is 18.2 Å². The fourth-order valence-electron chi connectivity index (χ4n) is 2.92. The Balaban J connectivity index is 1.74. The number of nitrogens with two attached hydrogens (primary N) is 1. The standard InChI is InChI=1S/C23H28F3N5O4/c1-22(2,3)20(33)35-19(32)15(27)9-12-5-8-16(17(10-12)34-4)30-21-28-11-14(23(24,25)26)18(31-21)29-13-6-7-13/h5,8,10-11,13,15H,6-7,9,27H2,1-4H3,(H2,28,29,30,31)/t15-/m0/s1. The average molecular weight is 496 g/mol. The van der Waals surface area contributed by atoms with Gasteiger partial charge in [0.25, 0.3) is 0 Å². The van der Waals surface area contributed by atoms with Crippen molar-refractivity contribution in [2.75, 3.05) is 17.7 Å². The van der Waals surface area contributed by atoms with Crippen LogP contribution in [-0.4, -0.2) is 41.1 Å². The van der Waals surface area contributed by atoms with Crippen LogP contribution in [0.3, 0.4) is 0 Å². The average Bonchev–Trinajstić information content (AvgIpc) is 3.57. The summed E-state index contributed by atoms with van der Waals surface area (Å²) in [6.45, 7) is 4.86. The molecule has 1 heterocycles. The molecular formula is C23H28F3N5O4. The highest BCUT2D eigenvalue weighted by atomic mass is 19.4. The van der Waals surface area contributed by atoms with E-state index in [9.17, 15) is 22.8 Å². The molecule has 1 saturated carbocycles. The lowest BCUT2D eigenvalue weighted by Gasteiger charge is -2.18. The number of anilines is 3. The van der Waals surface area contributed by atoms with Gasteiger partial charge in [0.15, 0.2) is 0 Å². The Morgan fingerprint density at radius 1 is 1.23 bits per heavy atom. The molecule has 3 rings (SSSR count). The zero-order valence-corrected chi connectivity index (χ0v) is 19.8. The summed E-state index contributed by atoms with van der Waals surface area (Å²) in [5.41, 5.74) is 5.13. The maximum absolute atomic E-state index is 13.3. The lowest BCUT2D eigenvalue weighted by molar-refractivity contribution is -0.166. The topological polar surface area (TPSA) is 128 Å². The molecule has 12 heteroatoms. The van der Waals surface area contributed by atoms with E-state index in [4.69, 9.17) is 15.2 Å². The molecule has 1 aliphatic rings. The third kappa shape index (κ3) is 7.04. The molecule has 2 aromatic rings. The molecule has 1 aromatic heterocycles. The Kier molecular flexibility index (Phi) is 7.53. The summed E-state index contributed by atoms with van der Waals surface area (Å²) in [5.74, 6) is -1.54. The number of carbonyl (C=O) groups excluding carboxylic acids is 2. The van der Waals surface area contributed by atoms with Gasteiger partial charge in [-0.05, 0) is 57.7 Å². The van der Waals surface area contributed by atoms with Gasteiger partial charge < -0.3 is 25.8 Å². The second kappa shape index (κ2) is 10.1. The third-order valence-electron chi connectivity index (χ3n) is 5.09. The van der Waals surface area contributed by atoms with Gasteiger partial charge in [-0.1, -0.05) is 6.07 Å². The molecule has 9 nitrogen and oxygen atoms in total. The van der Waals surface area contributed by atoms with E-state index in [-0.39, 0.29) is 24.2 Å². The fourth-order valence-corrected chi connectivity index (χ4v) is 2.92. The van der Waals surface area contributed by atoms with Gasteiger partial charge in [-0.25, -0.2) is 9.78 Å². The summed E-state index contributed by atoms with van der Waals surface area (Å²) in [5, 5.41) is 5.65. The molecule has 0 spiro atoms. The van der Waals surface area contributed by atoms with Crippen LogP contribution in [0.25, 0.3) is 0 Å². The van der Waals surface area contributed by atoms with Crippen molar-refractivity contribution < 1.29 is 32.2 Å². The SMILES string of the molecule is COc1cc(C[C@H](N)C(=O)OC(=O)C(C)(C)C)ccc1Nc1ncc(C(F)(F)F)c(NC2CC2)n1. The van der Waals surface area contributed by atoms with E-state index in [0.717, 1.165) is 19.0 Å². The van der Waals surface area contributed by atoms with Gasteiger partial charge in [0.1, 0.15) is 23.2 Å². The summed E-state index contributed by atoms with van der Waals surface area (Å²) in [4.78, 5) is 31.9. The second-order valence-electron chi connectivity index (χ2n) is 9.30. The normalized spacial score (nSPS) is 14.7. The first kappa shape index (κ1) is 26.2. The van der Waals surface area contributed by atoms with Crippen LogP contribution in [0.1, 0.15) is 44.7 Å². The minimum absolute atomic E-state index is 0.0396. The Labute approximate surface area is 200 Å². The Morgan fingerprint density at radius 2 is 1.91 bits per heavy atom. The number of hydrogen-bond acceptors (Lipinski definition) is 9. The van der Waals surface area contributed by atoms with Gasteiger partial charge in [0, 0.05) is 12.2 Å². The molecule has 1 aromatic carbocycles. The molecular weight excluding hydrogens is 467 g/mol. The summed E-state index contributed by atoms with van der Waals surface area (Å²) < 4.78 is 50.1. The Bertz CT molecular complexity index is 1100. The van der Waals surface area contributed by atoms with Crippen molar-refractivity contribution in [1.29, 1.82) is 0 Å². The largest absolute Gasteiger partial charge is 0.495 e. The molecule has 0 saturated heterocycles. The molecule has 1 fully saturated rings. The highest BCUT2D eigenvalue weighted by Crippen LogP contribution is 2.37. The van der Waals surface area contributed by atoms with E-state index in [1.165, 1.54) is 7.11 Å². The van der Waals surface area contributed by atoms with Crippen LogP contribution in [0.15, 0.2) is 24.4 Å². The first-order chi connectivity index (χ1) is 16.3. The lowest BCUT2D eigenvalue weighted by atomic mass is 9.97. The summed E-state index contributed by atoms with van der Waals surface area (Å²) >= 11 is 0. The number of carbonyl (C=O) groups is 2. The van der Waals surface area contributed by atoms with Crippen LogP contribution < -0.4 is 21.1 Å². The number of nitrogens with one attached hydrogen (secondary N) is 2. The monoisotopic (exact) mass is 495 g/mol. The zero-order valence-electron chi connectivity index (χ0n) is 19.8. The number of methoxy groups -OCH3 is 1. The number of esters is 2. The number of halogens is 3. The van der Waals surface area contributed by atoms with Crippen molar-refractivity contribution in [3.63, 3.8) is 0 Å². The van der Waals surface area contributed by atoms with Crippen molar-refractivity contribution in [1.82, 2.24) is 9.97 Å². The van der Waals surface area contributed by atoms with Gasteiger partial charge in [0.2, 0.25) is 5.95 Å². The van der Waals surface area contributed by atoms with Crippen LogP contribution >= 0.6 is 0 Å². The van der Waals surface area contributed by atoms with Crippen LogP contribution in [0.5, 0.6) is 5.75 Å². The zero-order chi connectivity index (χ0) is 26.0. The van der Waals surface area contributed by atoms with Gasteiger partial charge >= 0.3 is 18.1 Å². The molecule has 35 heavy (non-hydrogen) atoms. The van der Waals surface area contributed by atoms with Crippen molar-refractivity contribution in [2.24, 2.45) is 11.1 Å². The number of alkyl halides is 3. The number of aromatic nitrogens is 2. The molecule has 0 bridgehead atoms. The molecule has 0 radical (unpaired) electrons. The van der Waals surface area contributed by atoms with E-state index >= 15 is 0 Å². The van der Waals surface area contributed by atoms with Crippen molar-refractivity contribution >= 4 is 29.4 Å². The van der Waals surface area contributed by atoms with Crippen molar-refractivity contribution in [3.05, 3.63) is 35.5 Å². The minimum atomic E-state index is -4.59. The Hall–Kier alpha value is -3.41. The van der Waals surface area contributed by atoms with Gasteiger partial charge in [-0.3, -0.25) is 4.79 Å². The number of benzene rings is 1. The van der Waals surface area contributed by atoms with E-state index in [2.05, 4.69) is 20.6 Å². The minimum Gasteiger partial charge on any atom is -0.495 e. The van der Waals surface area contributed by atoms with Crippen molar-refractivity contribution in [2.45, 2.75) is 58.3 Å². The summed E-state index contributed by atoms with van der Waals surface area (Å²) in [6, 6.07) is 3.73. The molecule has 0 amide bonds.